The Kier molecular flexibility index (Phi) is 13.4. The molecule has 0 fully saturated rings. The molecular weight excluding hydrogens is 544 g/mol. The van der Waals surface area contributed by atoms with Gasteiger partial charge in [0.2, 0.25) is 0 Å². The third-order valence-corrected chi connectivity index (χ3v) is 7.37. The van der Waals surface area contributed by atoms with E-state index in [1.165, 1.54) is 21.3 Å². The van der Waals surface area contributed by atoms with Crippen molar-refractivity contribution in [2.24, 2.45) is 17.6 Å². The minimum Gasteiger partial charge on any atom is -0.494 e. The van der Waals surface area contributed by atoms with Crippen molar-refractivity contribution in [3.05, 3.63) is 47.1 Å². The smallest absolute Gasteiger partial charge is 0.405 e. The van der Waals surface area contributed by atoms with Gasteiger partial charge in [-0.25, -0.2) is 4.79 Å². The number of carbonyl (C=O) groups is 2. The molecule has 0 saturated heterocycles. The number of nitrogens with two attached hydrogens (primary N) is 1. The first-order valence-electron chi connectivity index (χ1n) is 13.8. The molecule has 1 heterocycles. The van der Waals surface area contributed by atoms with E-state index >= 15 is 0 Å². The Labute approximate surface area is 248 Å². The molecule has 11 nitrogen and oxygen atoms in total. The second-order valence-corrected chi connectivity index (χ2v) is 10.5. The first kappa shape index (κ1) is 34.7. The Bertz CT molecular complexity index is 1180. The number of carbonyl (C=O) groups excluding carboxylic acids is 2. The van der Waals surface area contributed by atoms with E-state index in [1.807, 2.05) is 19.9 Å². The summed E-state index contributed by atoms with van der Waals surface area (Å²) in [5.41, 5.74) is 7.53. The van der Waals surface area contributed by atoms with Crippen LogP contribution in [0.5, 0.6) is 17.2 Å². The van der Waals surface area contributed by atoms with E-state index in [9.17, 15) is 14.7 Å². The molecule has 0 radical (unpaired) electrons. The van der Waals surface area contributed by atoms with Crippen molar-refractivity contribution in [1.82, 2.24) is 0 Å². The Balaban J connectivity index is 2.72. The number of aliphatic hydroxyl groups excluding tert-OH is 1. The molecule has 0 saturated carbocycles. The number of amides is 2. The molecule has 1 aliphatic heterocycles. The van der Waals surface area contributed by atoms with Gasteiger partial charge in [0, 0.05) is 37.3 Å². The average Bonchev–Trinajstić information content (AvgIpc) is 2.95. The zero-order valence-corrected chi connectivity index (χ0v) is 26.1. The van der Waals surface area contributed by atoms with Crippen LogP contribution in [-0.4, -0.2) is 77.1 Å². The summed E-state index contributed by atoms with van der Waals surface area (Å²) in [7, 11) is 7.63. The number of primary amides is 1. The number of methoxy groups -OCH3 is 5. The topological polar surface area (TPSA) is 148 Å². The highest BCUT2D eigenvalue weighted by molar-refractivity contribution is 6.04. The van der Waals surface area contributed by atoms with E-state index in [0.717, 1.165) is 0 Å². The SMILES string of the molecule is COc1cc2c(OC)c(c1OC)CC(C)CC(OC)C(O)C(C)C=C(C)C(OC(N)=O)C(OC)C=CC=C(C)C(=O)N2. The predicted molar refractivity (Wildman–Crippen MR) is 160 cm³/mol. The number of ether oxygens (including phenoxy) is 6. The van der Waals surface area contributed by atoms with Gasteiger partial charge in [0.15, 0.2) is 17.6 Å². The highest BCUT2D eigenvalue weighted by Gasteiger charge is 2.30. The lowest BCUT2D eigenvalue weighted by Crippen LogP contribution is -2.37. The van der Waals surface area contributed by atoms with Gasteiger partial charge in [-0.2, -0.15) is 0 Å². The van der Waals surface area contributed by atoms with Gasteiger partial charge >= 0.3 is 6.09 Å². The largest absolute Gasteiger partial charge is 0.494 e. The molecule has 2 bridgehead atoms. The van der Waals surface area contributed by atoms with Crippen LogP contribution in [0, 0.1) is 11.8 Å². The summed E-state index contributed by atoms with van der Waals surface area (Å²) in [5.74, 6) is 0.616. The minimum absolute atomic E-state index is 0.0166. The van der Waals surface area contributed by atoms with Gasteiger partial charge in [-0.15, -0.1) is 0 Å². The second kappa shape index (κ2) is 16.2. The van der Waals surface area contributed by atoms with Crippen molar-refractivity contribution in [1.29, 1.82) is 0 Å². The first-order valence-corrected chi connectivity index (χ1v) is 13.8. The number of hydrogen-bond donors (Lipinski definition) is 3. The van der Waals surface area contributed by atoms with Crippen molar-refractivity contribution in [2.45, 2.75) is 65.0 Å². The highest BCUT2D eigenvalue weighted by Crippen LogP contribution is 2.45. The molecule has 0 aliphatic carbocycles. The van der Waals surface area contributed by atoms with Gasteiger partial charge in [-0.1, -0.05) is 38.2 Å². The van der Waals surface area contributed by atoms with E-state index in [-0.39, 0.29) is 17.7 Å². The van der Waals surface area contributed by atoms with E-state index < -0.39 is 30.5 Å². The third-order valence-electron chi connectivity index (χ3n) is 7.37. The minimum atomic E-state index is -0.967. The zero-order chi connectivity index (χ0) is 31.6. The van der Waals surface area contributed by atoms with Crippen molar-refractivity contribution in [3.8, 4) is 17.2 Å². The summed E-state index contributed by atoms with van der Waals surface area (Å²) < 4.78 is 33.8. The summed E-state index contributed by atoms with van der Waals surface area (Å²) in [6.07, 6.45) is 3.73. The number of allylic oxidation sites excluding steroid dienone is 2. The fourth-order valence-corrected chi connectivity index (χ4v) is 5.17. The first-order chi connectivity index (χ1) is 19.9. The quantitative estimate of drug-likeness (QED) is 0.415. The molecule has 6 atom stereocenters. The van der Waals surface area contributed by atoms with Crippen molar-refractivity contribution in [3.63, 3.8) is 0 Å². The average molecular weight is 591 g/mol. The summed E-state index contributed by atoms with van der Waals surface area (Å²) in [4.78, 5) is 25.0. The Morgan fingerprint density at radius 1 is 1.02 bits per heavy atom. The number of aliphatic hydroxyl groups is 1. The number of rotatable bonds is 6. The number of fused-ring (bicyclic) bond motifs is 2. The summed E-state index contributed by atoms with van der Waals surface area (Å²) >= 11 is 0. The van der Waals surface area contributed by atoms with Gasteiger partial charge in [0.1, 0.15) is 11.9 Å². The molecule has 1 aliphatic rings. The van der Waals surface area contributed by atoms with E-state index in [1.54, 1.807) is 52.4 Å². The van der Waals surface area contributed by atoms with Gasteiger partial charge in [0.05, 0.1) is 39.2 Å². The van der Waals surface area contributed by atoms with Crippen LogP contribution >= 0.6 is 0 Å². The van der Waals surface area contributed by atoms with Crippen molar-refractivity contribution < 1.29 is 43.1 Å². The van der Waals surface area contributed by atoms with E-state index in [0.29, 0.717) is 52.5 Å². The van der Waals surface area contributed by atoms with Gasteiger partial charge in [0.25, 0.3) is 5.91 Å². The standard InChI is InChI=1S/C31H46N2O9/c1-17-13-21-28(40-8)22(16-25(39-7)29(21)41-9)33-30(35)18(2)11-10-12-23(37-5)27(42-31(32)36)20(4)15-19(3)26(34)24(14-17)38-6/h10-12,15-17,19,23-24,26-27,34H,13-14H2,1-9H3,(H2,32,36)(H,33,35). The Hall–Kier alpha value is -3.54. The molecule has 6 unspecified atom stereocenters. The van der Waals surface area contributed by atoms with Gasteiger partial charge in [-0.3, -0.25) is 4.79 Å². The molecule has 42 heavy (non-hydrogen) atoms. The normalized spacial score (nSPS) is 26.0. The van der Waals surface area contributed by atoms with E-state index in [2.05, 4.69) is 5.32 Å². The fraction of sp³-hybridized carbons (Fsp3) is 0.548. The summed E-state index contributed by atoms with van der Waals surface area (Å²) in [6, 6.07) is 1.65. The maximum atomic E-state index is 13.2. The zero-order valence-electron chi connectivity index (χ0n) is 26.1. The Morgan fingerprint density at radius 3 is 2.24 bits per heavy atom. The van der Waals surface area contributed by atoms with Crippen molar-refractivity contribution >= 4 is 17.7 Å². The fourth-order valence-electron chi connectivity index (χ4n) is 5.17. The number of anilines is 1. The number of benzene rings is 1. The molecule has 234 valence electrons. The number of nitrogens with one attached hydrogen (secondary N) is 1. The highest BCUT2D eigenvalue weighted by atomic mass is 16.6. The second-order valence-electron chi connectivity index (χ2n) is 10.5. The lowest BCUT2D eigenvalue weighted by atomic mass is 9.87. The Morgan fingerprint density at radius 2 is 1.69 bits per heavy atom. The molecule has 2 rings (SSSR count). The van der Waals surface area contributed by atoms with Gasteiger partial charge < -0.3 is 44.6 Å². The molecule has 2 amide bonds. The van der Waals surface area contributed by atoms with Crippen LogP contribution in [0.25, 0.3) is 0 Å². The summed E-state index contributed by atoms with van der Waals surface area (Å²) in [6.45, 7) is 7.33. The predicted octanol–water partition coefficient (Wildman–Crippen LogP) is 4.17. The molecular formula is C31H46N2O9. The van der Waals surface area contributed by atoms with Crippen LogP contribution in [-0.2, 0) is 25.4 Å². The summed E-state index contributed by atoms with van der Waals surface area (Å²) in [5, 5.41) is 14.2. The molecule has 0 aromatic heterocycles. The lowest BCUT2D eigenvalue weighted by Gasteiger charge is -2.30. The van der Waals surface area contributed by atoms with Crippen LogP contribution < -0.4 is 25.3 Å². The molecule has 1 aromatic carbocycles. The molecule has 11 heteroatoms. The monoisotopic (exact) mass is 590 g/mol. The lowest BCUT2D eigenvalue weighted by molar-refractivity contribution is -0.112. The van der Waals surface area contributed by atoms with Crippen LogP contribution in [0.4, 0.5) is 10.5 Å². The number of hydrogen-bond acceptors (Lipinski definition) is 9. The maximum absolute atomic E-state index is 13.2. The van der Waals surface area contributed by atoms with Crippen molar-refractivity contribution in [2.75, 3.05) is 40.9 Å². The molecule has 0 spiro atoms. The van der Waals surface area contributed by atoms with E-state index in [4.69, 9.17) is 34.2 Å². The van der Waals surface area contributed by atoms with Gasteiger partial charge in [-0.05, 0) is 38.2 Å². The third kappa shape index (κ3) is 8.73. The van der Waals surface area contributed by atoms with Crippen LogP contribution in [0.15, 0.2) is 41.5 Å². The maximum Gasteiger partial charge on any atom is 0.405 e. The van der Waals surface area contributed by atoms with Crippen LogP contribution in [0.2, 0.25) is 0 Å². The van der Waals surface area contributed by atoms with Crippen LogP contribution in [0.1, 0.15) is 39.7 Å². The van der Waals surface area contributed by atoms with Crippen LogP contribution in [0.3, 0.4) is 0 Å². The molecule has 4 N–H and O–H groups in total. The molecule has 1 aromatic rings.